The summed E-state index contributed by atoms with van der Waals surface area (Å²) in [7, 11) is 1.82. The van der Waals surface area contributed by atoms with Gasteiger partial charge in [0.15, 0.2) is 11.4 Å². The molecule has 2 aliphatic heterocycles. The van der Waals surface area contributed by atoms with Crippen LogP contribution >= 0.6 is 12.4 Å². The molecular weight excluding hydrogens is 340 g/mol. The van der Waals surface area contributed by atoms with Crippen LogP contribution in [0, 0.1) is 0 Å². The van der Waals surface area contributed by atoms with Crippen molar-refractivity contribution in [3.63, 3.8) is 0 Å². The maximum atomic E-state index is 12.8. The third-order valence-electron chi connectivity index (χ3n) is 5.23. The molecule has 3 heterocycles. The molecule has 6 nitrogen and oxygen atoms in total. The molecule has 25 heavy (non-hydrogen) atoms. The van der Waals surface area contributed by atoms with Crippen molar-refractivity contribution in [2.24, 2.45) is 0 Å². The van der Waals surface area contributed by atoms with Gasteiger partial charge in [-0.2, -0.15) is 5.10 Å². The Hall–Kier alpha value is -2.05. The van der Waals surface area contributed by atoms with Crippen LogP contribution < -0.4 is 5.32 Å². The first-order valence-electron chi connectivity index (χ1n) is 8.49. The van der Waals surface area contributed by atoms with Crippen LogP contribution in [0.3, 0.4) is 0 Å². The van der Waals surface area contributed by atoms with E-state index in [4.69, 9.17) is 0 Å². The lowest BCUT2D eigenvalue weighted by molar-refractivity contribution is 0.0672. The summed E-state index contributed by atoms with van der Waals surface area (Å²) in [6, 6.07) is 10.7. The zero-order chi connectivity index (χ0) is 16.7. The van der Waals surface area contributed by atoms with Gasteiger partial charge in [-0.1, -0.05) is 18.2 Å². The predicted octanol–water partition coefficient (Wildman–Crippen LogP) is 2.35. The summed E-state index contributed by atoms with van der Waals surface area (Å²) in [4.78, 5) is 14.6. The topological polar surface area (TPSA) is 70.4 Å². The Balaban J connectivity index is 0.00000182. The quantitative estimate of drug-likeness (QED) is 0.879. The number of carbonyl (C=O) groups excluding carboxylic acids is 1. The molecule has 2 aromatic rings. The number of aromatic hydroxyl groups is 1. The Morgan fingerprint density at radius 1 is 1.24 bits per heavy atom. The van der Waals surface area contributed by atoms with Crippen LogP contribution in [-0.2, 0) is 0 Å². The van der Waals surface area contributed by atoms with E-state index >= 15 is 0 Å². The zero-order valence-electron chi connectivity index (χ0n) is 14.1. The second kappa shape index (κ2) is 7.06. The number of aromatic nitrogens is 2. The van der Waals surface area contributed by atoms with Gasteiger partial charge in [0, 0.05) is 25.2 Å². The Kier molecular flexibility index (Phi) is 5.01. The molecule has 2 saturated heterocycles. The molecule has 2 bridgehead atoms. The van der Waals surface area contributed by atoms with Crippen molar-refractivity contribution in [1.82, 2.24) is 20.0 Å². The highest BCUT2D eigenvalue weighted by atomic mass is 35.5. The number of halogens is 1. The molecule has 2 unspecified atom stereocenters. The van der Waals surface area contributed by atoms with Crippen LogP contribution in [0.25, 0.3) is 5.69 Å². The number of nitrogens with zero attached hydrogens (tertiary/aromatic N) is 3. The van der Waals surface area contributed by atoms with Crippen LogP contribution in [0.4, 0.5) is 0 Å². The molecule has 2 aliphatic rings. The van der Waals surface area contributed by atoms with E-state index < -0.39 is 0 Å². The minimum Gasteiger partial charge on any atom is -0.504 e. The molecule has 2 atom stereocenters. The van der Waals surface area contributed by atoms with Crippen molar-refractivity contribution in [1.29, 1.82) is 0 Å². The van der Waals surface area contributed by atoms with Crippen LogP contribution in [0.1, 0.15) is 36.2 Å². The molecule has 1 aromatic carbocycles. The summed E-state index contributed by atoms with van der Waals surface area (Å²) in [5.74, 6) is -0.291. The van der Waals surface area contributed by atoms with Gasteiger partial charge in [0.05, 0.1) is 11.9 Å². The van der Waals surface area contributed by atoms with Crippen molar-refractivity contribution in [3.05, 3.63) is 42.2 Å². The van der Waals surface area contributed by atoms with Gasteiger partial charge in [0.25, 0.3) is 5.91 Å². The molecule has 0 saturated carbocycles. The van der Waals surface area contributed by atoms with Gasteiger partial charge < -0.3 is 15.3 Å². The van der Waals surface area contributed by atoms with E-state index in [0.717, 1.165) is 18.5 Å². The van der Waals surface area contributed by atoms with Crippen molar-refractivity contribution < 1.29 is 9.90 Å². The fourth-order valence-electron chi connectivity index (χ4n) is 3.91. The second-order valence-electron chi connectivity index (χ2n) is 6.82. The van der Waals surface area contributed by atoms with Gasteiger partial charge in [-0.05, 0) is 37.8 Å². The molecule has 1 amide bonds. The van der Waals surface area contributed by atoms with Gasteiger partial charge in [-0.25, -0.2) is 4.68 Å². The Labute approximate surface area is 153 Å². The highest BCUT2D eigenvalue weighted by molar-refractivity contribution is 5.94. The number of para-hydroxylation sites is 1. The van der Waals surface area contributed by atoms with Crippen LogP contribution in [0.5, 0.6) is 5.75 Å². The van der Waals surface area contributed by atoms with Gasteiger partial charge in [-0.15, -0.1) is 12.4 Å². The first-order chi connectivity index (χ1) is 11.6. The molecule has 134 valence electrons. The third-order valence-corrected chi connectivity index (χ3v) is 5.23. The number of fused-ring (bicyclic) bond motifs is 2. The number of benzene rings is 1. The number of piperidine rings is 1. The minimum atomic E-state index is -0.214. The normalized spacial score (nSPS) is 24.6. The Morgan fingerprint density at radius 2 is 1.88 bits per heavy atom. The van der Waals surface area contributed by atoms with Crippen LogP contribution in [0.15, 0.2) is 36.5 Å². The van der Waals surface area contributed by atoms with E-state index in [1.807, 2.05) is 37.4 Å². The Bertz CT molecular complexity index is 737. The number of amides is 1. The molecule has 0 radical (unpaired) electrons. The van der Waals surface area contributed by atoms with E-state index in [2.05, 4.69) is 10.4 Å². The van der Waals surface area contributed by atoms with E-state index in [-0.39, 0.29) is 35.8 Å². The molecule has 1 aromatic heterocycles. The zero-order valence-corrected chi connectivity index (χ0v) is 14.9. The molecule has 2 N–H and O–H groups in total. The maximum Gasteiger partial charge on any atom is 0.278 e. The molecule has 7 heteroatoms. The monoisotopic (exact) mass is 362 g/mol. The molecule has 2 fully saturated rings. The number of rotatable bonds is 3. The smallest absolute Gasteiger partial charge is 0.278 e. The summed E-state index contributed by atoms with van der Waals surface area (Å²) in [5.41, 5.74) is 0.932. The molecular formula is C18H23ClN4O2. The van der Waals surface area contributed by atoms with Gasteiger partial charge >= 0.3 is 0 Å². The summed E-state index contributed by atoms with van der Waals surface area (Å²) in [5, 5.41) is 18.1. The van der Waals surface area contributed by atoms with E-state index in [9.17, 15) is 9.90 Å². The Morgan fingerprint density at radius 3 is 2.52 bits per heavy atom. The highest BCUT2D eigenvalue weighted by Crippen LogP contribution is 2.30. The number of nitrogens with one attached hydrogen (secondary N) is 1. The maximum absolute atomic E-state index is 12.8. The number of carbonyl (C=O) groups is 1. The minimum absolute atomic E-state index is 0. The first kappa shape index (κ1) is 17.8. The van der Waals surface area contributed by atoms with Crippen molar-refractivity contribution >= 4 is 18.3 Å². The molecule has 0 aliphatic carbocycles. The van der Waals surface area contributed by atoms with Crippen molar-refractivity contribution in [2.75, 3.05) is 7.05 Å². The lowest BCUT2D eigenvalue weighted by Crippen LogP contribution is -2.48. The van der Waals surface area contributed by atoms with Gasteiger partial charge in [0.2, 0.25) is 0 Å². The fourth-order valence-corrected chi connectivity index (χ4v) is 3.91. The summed E-state index contributed by atoms with van der Waals surface area (Å²) in [6.45, 7) is 0. The lowest BCUT2D eigenvalue weighted by atomic mass is 9.98. The lowest BCUT2D eigenvalue weighted by Gasteiger charge is -2.35. The van der Waals surface area contributed by atoms with E-state index in [0.29, 0.717) is 12.1 Å². The standard InChI is InChI=1S/C18H22N4O2.ClH/c1-21(15-9-12-7-8-13(10-15)19-12)18(24)17-16(23)11-22(20-17)14-5-3-2-4-6-14;/h2-6,11-13,15,19,23H,7-10H2,1H3;1H. The molecule has 0 spiro atoms. The van der Waals surface area contributed by atoms with E-state index in [1.165, 1.54) is 19.0 Å². The second-order valence-corrected chi connectivity index (χ2v) is 6.82. The van der Waals surface area contributed by atoms with E-state index in [1.54, 1.807) is 9.58 Å². The van der Waals surface area contributed by atoms with Crippen molar-refractivity contribution in [2.45, 2.75) is 43.8 Å². The van der Waals surface area contributed by atoms with Crippen LogP contribution in [0.2, 0.25) is 0 Å². The van der Waals surface area contributed by atoms with Gasteiger partial charge in [-0.3, -0.25) is 4.79 Å². The summed E-state index contributed by atoms with van der Waals surface area (Å²) >= 11 is 0. The third kappa shape index (κ3) is 3.37. The summed E-state index contributed by atoms with van der Waals surface area (Å²) in [6.07, 6.45) is 5.81. The summed E-state index contributed by atoms with van der Waals surface area (Å²) < 4.78 is 1.54. The largest absolute Gasteiger partial charge is 0.504 e. The average molecular weight is 363 g/mol. The average Bonchev–Trinajstić information content (AvgIpc) is 3.16. The molecule has 4 rings (SSSR count). The van der Waals surface area contributed by atoms with Crippen molar-refractivity contribution in [3.8, 4) is 11.4 Å². The number of hydrogen-bond acceptors (Lipinski definition) is 4. The fraction of sp³-hybridized carbons (Fsp3) is 0.444. The SMILES string of the molecule is CN(C(=O)c1nn(-c2ccccc2)cc1O)C1CC2CCC(C1)N2.Cl. The highest BCUT2D eigenvalue weighted by Gasteiger charge is 2.37. The first-order valence-corrected chi connectivity index (χ1v) is 8.49. The van der Waals surface area contributed by atoms with Gasteiger partial charge in [0.1, 0.15) is 0 Å². The predicted molar refractivity (Wildman–Crippen MR) is 97.5 cm³/mol. The number of hydrogen-bond donors (Lipinski definition) is 2. The van der Waals surface area contributed by atoms with Crippen LogP contribution in [-0.4, -0.2) is 50.9 Å².